The molecule has 0 bridgehead atoms. The van der Waals surface area contributed by atoms with Crippen molar-refractivity contribution in [2.24, 2.45) is 17.8 Å². The predicted molar refractivity (Wildman–Crippen MR) is 317 cm³/mol. The number of aromatic nitrogens is 1. The van der Waals surface area contributed by atoms with Crippen molar-refractivity contribution in [3.05, 3.63) is 118 Å². The van der Waals surface area contributed by atoms with Crippen molar-refractivity contribution in [3.8, 4) is 5.75 Å². The highest BCUT2D eigenvalue weighted by molar-refractivity contribution is 5.99. The van der Waals surface area contributed by atoms with Crippen LogP contribution < -0.4 is 26.6 Å². The molecule has 454 valence electrons. The fourth-order valence-electron chi connectivity index (χ4n) is 10.8. The Morgan fingerprint density at radius 1 is 0.738 bits per heavy atom. The Labute approximate surface area is 491 Å². The molecule has 84 heavy (non-hydrogen) atoms. The van der Waals surface area contributed by atoms with Crippen LogP contribution in [0.2, 0.25) is 0 Å². The SMILES string of the molecule is C/C=C/C[C@@H]1NC(=O)[C@H](CC(C)C)NC(=O)[C@H](CC(C)C(=O)N(C)Cc2ccccc2)N(C)C(=O)[C@H](C)NC(=O)[C@H](Cc2ccc(O)c([N+](=O)[O-])c2)NC(=O)[C@H](CC(C)C)N(C)C(=O)[C@H](Cc2cn(C(C)(C)C3CO3)c3ccccc23)NC1=O. The van der Waals surface area contributed by atoms with Gasteiger partial charge in [-0.25, -0.2) is 0 Å². The van der Waals surface area contributed by atoms with Gasteiger partial charge in [-0.3, -0.25) is 48.5 Å². The maximum atomic E-state index is 15.5. The molecular formula is C62H84N10O12. The zero-order valence-electron chi connectivity index (χ0n) is 50.3. The summed E-state index contributed by atoms with van der Waals surface area (Å²) in [5, 5.41) is 37.2. The van der Waals surface area contributed by atoms with Crippen LogP contribution in [0.4, 0.5) is 5.69 Å². The number of para-hydroxylation sites is 1. The normalized spacial score (nSPS) is 23.2. The Balaban J connectivity index is 1.48. The monoisotopic (exact) mass is 1160 g/mol. The molecule has 1 aromatic heterocycles. The number of aromatic hydroxyl groups is 1. The first-order valence-electron chi connectivity index (χ1n) is 28.8. The molecule has 2 fully saturated rings. The van der Waals surface area contributed by atoms with Gasteiger partial charge in [-0.15, -0.1) is 0 Å². The zero-order valence-corrected chi connectivity index (χ0v) is 50.3. The first-order chi connectivity index (χ1) is 39.6. The van der Waals surface area contributed by atoms with Gasteiger partial charge in [-0.1, -0.05) is 101 Å². The number of allylic oxidation sites excluding steroid dienone is 1. The van der Waals surface area contributed by atoms with Crippen LogP contribution in [-0.4, -0.2) is 153 Å². The number of phenols is 1. The minimum Gasteiger partial charge on any atom is -0.502 e. The molecule has 0 saturated carbocycles. The van der Waals surface area contributed by atoms with E-state index in [1.54, 1.807) is 33.0 Å². The maximum Gasteiger partial charge on any atom is 0.310 e. The summed E-state index contributed by atoms with van der Waals surface area (Å²) in [6.07, 6.45) is 4.56. The Kier molecular flexibility index (Phi) is 22.0. The molecule has 4 aromatic rings. The average Bonchev–Trinajstić information content (AvgIpc) is 1.85. The van der Waals surface area contributed by atoms with Gasteiger partial charge in [0.15, 0.2) is 5.75 Å². The Bertz CT molecular complexity index is 3080. The lowest BCUT2D eigenvalue weighted by molar-refractivity contribution is -0.385. The second kappa shape index (κ2) is 28.4. The van der Waals surface area contributed by atoms with Gasteiger partial charge in [-0.2, -0.15) is 0 Å². The van der Waals surface area contributed by atoms with Gasteiger partial charge in [0.2, 0.25) is 47.3 Å². The molecule has 22 heteroatoms. The first kappa shape index (κ1) is 65.0. The lowest BCUT2D eigenvalue weighted by atomic mass is 9.96. The average molecular weight is 1160 g/mol. The summed E-state index contributed by atoms with van der Waals surface area (Å²) in [6.45, 7) is 17.0. The molecule has 9 atom stereocenters. The van der Waals surface area contributed by atoms with Crippen LogP contribution in [0.1, 0.15) is 105 Å². The molecule has 3 heterocycles. The van der Waals surface area contributed by atoms with Gasteiger partial charge < -0.3 is 55.7 Å². The van der Waals surface area contributed by atoms with E-state index >= 15 is 14.4 Å². The fourth-order valence-corrected chi connectivity index (χ4v) is 10.8. The minimum atomic E-state index is -1.58. The summed E-state index contributed by atoms with van der Waals surface area (Å²) in [5.41, 5.74) is 1.33. The number of nitro benzene ring substituents is 1. The van der Waals surface area contributed by atoms with Crippen LogP contribution in [0.3, 0.4) is 0 Å². The third kappa shape index (κ3) is 16.3. The molecule has 22 nitrogen and oxygen atoms in total. The van der Waals surface area contributed by atoms with Gasteiger partial charge >= 0.3 is 5.69 Å². The van der Waals surface area contributed by atoms with E-state index in [2.05, 4.69) is 31.2 Å². The Hall–Kier alpha value is -8.14. The molecule has 0 spiro atoms. The number of hydrogen-bond donors (Lipinski definition) is 6. The largest absolute Gasteiger partial charge is 0.502 e. The summed E-state index contributed by atoms with van der Waals surface area (Å²) in [4.78, 5) is 134. The quantitative estimate of drug-likeness (QED) is 0.0331. The highest BCUT2D eigenvalue weighted by atomic mass is 16.6. The summed E-state index contributed by atoms with van der Waals surface area (Å²) in [6, 6.07) is 10.7. The Morgan fingerprint density at radius 2 is 1.30 bits per heavy atom. The standard InChI is InChI=1S/C62H84N10O12/c1-13-14-23-44-54(74)67-47(32-42-34-71(62(8,9)53-35-84-53)48-24-19-18-22-43(42)48)61(81)70(12)50(28-37(4)5)57(77)66-46(30-41-25-26-52(73)49(31-41)72(82)83)55(75)63-39(7)60(80)69(11)51(58(78)65-45(27-36(2)3)56(76)64-44)29-38(6)59(79)68(10)33-40-20-16-15-17-21-40/h13-22,24-26,31,34,36-39,44-47,50-51,53,73H,23,27-30,32-33,35H2,1-12H3,(H,63,75)(H,64,76)(H,65,78)(H,66,77)(H,67,74)/b14-13+/t38?,39-,44-,45-,46-,47-,50-,51-,53?/m0/s1. The minimum absolute atomic E-state index is 0.0408. The number of carbonyl (C=O) groups is 8. The van der Waals surface area contributed by atoms with Crippen molar-refractivity contribution in [1.82, 2.24) is 45.9 Å². The van der Waals surface area contributed by atoms with E-state index in [0.717, 1.165) is 33.5 Å². The van der Waals surface area contributed by atoms with Gasteiger partial charge in [0.05, 0.1) is 17.1 Å². The number of nitrogens with zero attached hydrogens (tertiary/aromatic N) is 5. The number of likely N-dealkylation sites (N-methyl/N-ethyl adjacent to an activating group) is 2. The number of ether oxygens (including phenoxy) is 1. The van der Waals surface area contributed by atoms with E-state index in [0.29, 0.717) is 12.2 Å². The zero-order chi connectivity index (χ0) is 61.9. The number of rotatable bonds is 18. The van der Waals surface area contributed by atoms with Crippen molar-refractivity contribution in [1.29, 1.82) is 0 Å². The molecule has 2 aliphatic heterocycles. The molecule has 6 N–H and O–H groups in total. The van der Waals surface area contributed by atoms with Crippen LogP contribution in [0.25, 0.3) is 10.9 Å². The lowest BCUT2D eigenvalue weighted by Crippen LogP contribution is -2.60. The number of fused-ring (bicyclic) bond motifs is 1. The van der Waals surface area contributed by atoms with Crippen LogP contribution in [0.15, 0.2) is 91.1 Å². The second-order valence-electron chi connectivity index (χ2n) is 23.8. The molecule has 8 amide bonds. The van der Waals surface area contributed by atoms with E-state index in [9.17, 15) is 39.2 Å². The third-order valence-electron chi connectivity index (χ3n) is 15.8. The number of nitro groups is 1. The number of phenolic OH excluding ortho intramolecular Hbond substituents is 1. The van der Waals surface area contributed by atoms with Crippen LogP contribution in [0.5, 0.6) is 5.75 Å². The van der Waals surface area contributed by atoms with E-state index < -0.39 is 118 Å². The van der Waals surface area contributed by atoms with Crippen molar-refractivity contribution >= 4 is 63.8 Å². The number of carbonyl (C=O) groups excluding carboxylic acids is 8. The van der Waals surface area contributed by atoms with Crippen molar-refractivity contribution in [2.45, 2.75) is 161 Å². The van der Waals surface area contributed by atoms with E-state index in [1.807, 2.05) is 102 Å². The van der Waals surface area contributed by atoms with Gasteiger partial charge in [0.1, 0.15) is 48.4 Å². The first-order valence-corrected chi connectivity index (χ1v) is 28.8. The Morgan fingerprint density at radius 3 is 1.92 bits per heavy atom. The molecular weight excluding hydrogens is 1080 g/mol. The van der Waals surface area contributed by atoms with Gasteiger partial charge in [-0.05, 0) is 94.0 Å². The summed E-state index contributed by atoms with van der Waals surface area (Å²) in [5.74, 6) is -7.85. The van der Waals surface area contributed by atoms with Crippen molar-refractivity contribution < 1.29 is 53.1 Å². The maximum absolute atomic E-state index is 15.5. The third-order valence-corrected chi connectivity index (χ3v) is 15.8. The molecule has 2 unspecified atom stereocenters. The van der Waals surface area contributed by atoms with E-state index in [-0.39, 0.29) is 68.1 Å². The topological polar surface area (TPSA) is 287 Å². The molecule has 6 rings (SSSR count). The van der Waals surface area contributed by atoms with E-state index in [1.165, 1.54) is 36.9 Å². The molecule has 2 aliphatic rings. The van der Waals surface area contributed by atoms with Crippen LogP contribution in [0, 0.1) is 27.9 Å². The lowest BCUT2D eigenvalue weighted by Gasteiger charge is -2.34. The highest BCUT2D eigenvalue weighted by Crippen LogP contribution is 2.36. The smallest absolute Gasteiger partial charge is 0.310 e. The summed E-state index contributed by atoms with van der Waals surface area (Å²) >= 11 is 0. The molecule has 2 saturated heterocycles. The van der Waals surface area contributed by atoms with Crippen LogP contribution in [-0.2, 0) is 68.0 Å². The van der Waals surface area contributed by atoms with Gasteiger partial charge in [0.25, 0.3) is 0 Å². The number of hydrogen-bond acceptors (Lipinski definition) is 12. The van der Waals surface area contributed by atoms with E-state index in [4.69, 9.17) is 4.74 Å². The summed E-state index contributed by atoms with van der Waals surface area (Å²) in [7, 11) is 4.37. The number of amides is 8. The number of epoxide rings is 1. The highest BCUT2D eigenvalue weighted by Gasteiger charge is 2.43. The van der Waals surface area contributed by atoms with Crippen molar-refractivity contribution in [3.63, 3.8) is 0 Å². The number of nitrogens with one attached hydrogen (secondary N) is 5. The number of benzene rings is 3. The predicted octanol–water partition coefficient (Wildman–Crippen LogP) is 5.03. The fraction of sp³-hybridized carbons (Fsp3) is 0.516. The molecule has 0 aliphatic carbocycles. The van der Waals surface area contributed by atoms with Gasteiger partial charge in [0, 0.05) is 69.6 Å². The molecule has 0 radical (unpaired) electrons. The van der Waals surface area contributed by atoms with Crippen LogP contribution >= 0.6 is 0 Å². The molecule has 3 aromatic carbocycles. The van der Waals surface area contributed by atoms with Crippen molar-refractivity contribution in [2.75, 3.05) is 27.7 Å². The second-order valence-corrected chi connectivity index (χ2v) is 23.8. The summed E-state index contributed by atoms with van der Waals surface area (Å²) < 4.78 is 7.86.